The van der Waals surface area contributed by atoms with E-state index in [-0.39, 0.29) is 18.0 Å². The third-order valence-electron chi connectivity index (χ3n) is 5.68. The number of nitrogens with zero attached hydrogens (tertiary/aromatic N) is 1. The van der Waals surface area contributed by atoms with Crippen LogP contribution in [0.5, 0.6) is 5.75 Å². The minimum absolute atomic E-state index is 0.212. The van der Waals surface area contributed by atoms with Gasteiger partial charge in [-0.15, -0.1) is 0 Å². The first-order valence-corrected chi connectivity index (χ1v) is 10.2. The quantitative estimate of drug-likeness (QED) is 0.744. The Labute approximate surface area is 168 Å². The molecule has 0 radical (unpaired) electrons. The summed E-state index contributed by atoms with van der Waals surface area (Å²) in [6, 6.07) is 10.2. The highest BCUT2D eigenvalue weighted by Gasteiger charge is 2.28. The standard InChI is InChI=1S/C23H32N2O3/c1-16-12-22(23(26)15-24-13-17(2)28-18(3)14-24)19(4)25(16)11-10-20-6-8-21(27-5)9-7-20/h6-9,12,17-18H,10-11,13-15H2,1-5H3/p+1/t17-,18+. The van der Waals surface area contributed by atoms with E-state index < -0.39 is 0 Å². The number of ketones is 1. The number of benzene rings is 1. The molecule has 0 amide bonds. The van der Waals surface area contributed by atoms with Gasteiger partial charge in [0.25, 0.3) is 0 Å². The number of quaternary nitrogens is 1. The van der Waals surface area contributed by atoms with Crippen LogP contribution in [0.3, 0.4) is 0 Å². The van der Waals surface area contributed by atoms with Gasteiger partial charge in [-0.1, -0.05) is 12.1 Å². The summed E-state index contributed by atoms with van der Waals surface area (Å²) in [6.45, 7) is 11.5. The zero-order valence-corrected chi connectivity index (χ0v) is 17.7. The van der Waals surface area contributed by atoms with Crippen LogP contribution in [0.15, 0.2) is 30.3 Å². The number of ether oxygens (including phenoxy) is 2. The van der Waals surface area contributed by atoms with Gasteiger partial charge in [-0.2, -0.15) is 0 Å². The van der Waals surface area contributed by atoms with Gasteiger partial charge in [-0.05, 0) is 57.9 Å². The maximum atomic E-state index is 13.0. The van der Waals surface area contributed by atoms with Gasteiger partial charge in [0.1, 0.15) is 37.6 Å². The maximum absolute atomic E-state index is 13.0. The van der Waals surface area contributed by atoms with Gasteiger partial charge in [0.15, 0.2) is 0 Å². The average molecular weight is 386 g/mol. The van der Waals surface area contributed by atoms with Crippen LogP contribution in [-0.2, 0) is 17.7 Å². The van der Waals surface area contributed by atoms with E-state index in [9.17, 15) is 4.79 Å². The van der Waals surface area contributed by atoms with Gasteiger partial charge in [0, 0.05) is 23.5 Å². The second kappa shape index (κ2) is 8.93. The van der Waals surface area contributed by atoms with Crippen molar-refractivity contribution in [1.29, 1.82) is 0 Å². The lowest BCUT2D eigenvalue weighted by atomic mass is 10.1. The maximum Gasteiger partial charge on any atom is 0.218 e. The second-order valence-electron chi connectivity index (χ2n) is 8.05. The van der Waals surface area contributed by atoms with Crippen molar-refractivity contribution >= 4 is 5.78 Å². The number of nitrogens with one attached hydrogen (secondary N) is 1. The van der Waals surface area contributed by atoms with E-state index in [0.717, 1.165) is 48.8 Å². The number of aryl methyl sites for hydroxylation is 2. The molecule has 1 aromatic carbocycles. The van der Waals surface area contributed by atoms with Crippen molar-refractivity contribution in [2.45, 2.75) is 52.9 Å². The zero-order valence-electron chi connectivity index (χ0n) is 17.7. The summed E-state index contributed by atoms with van der Waals surface area (Å²) in [7, 11) is 1.68. The van der Waals surface area contributed by atoms with Crippen LogP contribution in [0.1, 0.15) is 41.2 Å². The summed E-state index contributed by atoms with van der Waals surface area (Å²) in [5.74, 6) is 1.11. The summed E-state index contributed by atoms with van der Waals surface area (Å²) in [4.78, 5) is 14.3. The highest BCUT2D eigenvalue weighted by atomic mass is 16.5. The first-order chi connectivity index (χ1) is 13.4. The Morgan fingerprint density at radius 3 is 2.43 bits per heavy atom. The molecule has 3 atom stereocenters. The van der Waals surface area contributed by atoms with E-state index >= 15 is 0 Å². The normalized spacial score (nSPS) is 22.2. The summed E-state index contributed by atoms with van der Waals surface area (Å²) < 4.78 is 13.3. The van der Waals surface area contributed by atoms with Crippen LogP contribution in [0, 0.1) is 13.8 Å². The molecular formula is C23H33N2O3+. The lowest BCUT2D eigenvalue weighted by molar-refractivity contribution is -0.906. The number of aromatic nitrogens is 1. The number of rotatable bonds is 7. The lowest BCUT2D eigenvalue weighted by Gasteiger charge is -2.31. The molecule has 1 aliphatic rings. The fourth-order valence-corrected chi connectivity index (χ4v) is 4.32. The number of carbonyl (C=O) groups excluding carboxylic acids is 1. The Hall–Kier alpha value is -2.11. The van der Waals surface area contributed by atoms with Gasteiger partial charge in [0.2, 0.25) is 5.78 Å². The van der Waals surface area contributed by atoms with E-state index in [2.05, 4.69) is 50.5 Å². The molecule has 152 valence electrons. The highest BCUT2D eigenvalue weighted by Crippen LogP contribution is 2.18. The summed E-state index contributed by atoms with van der Waals surface area (Å²) in [5.41, 5.74) is 4.35. The van der Waals surface area contributed by atoms with Crippen molar-refractivity contribution in [2.75, 3.05) is 26.7 Å². The number of hydrogen-bond acceptors (Lipinski definition) is 3. The molecule has 0 bridgehead atoms. The zero-order chi connectivity index (χ0) is 20.3. The van der Waals surface area contributed by atoms with E-state index in [1.165, 1.54) is 10.5 Å². The van der Waals surface area contributed by atoms with Crippen molar-refractivity contribution in [3.05, 3.63) is 52.8 Å². The molecule has 5 nitrogen and oxygen atoms in total. The predicted octanol–water partition coefficient (Wildman–Crippen LogP) is 2.23. The van der Waals surface area contributed by atoms with Crippen LogP contribution in [-0.4, -0.2) is 49.3 Å². The van der Waals surface area contributed by atoms with Crippen molar-refractivity contribution in [1.82, 2.24) is 4.57 Å². The minimum Gasteiger partial charge on any atom is -0.497 e. The van der Waals surface area contributed by atoms with Crippen LogP contribution >= 0.6 is 0 Å². The number of methoxy groups -OCH3 is 1. The van der Waals surface area contributed by atoms with E-state index in [1.807, 2.05) is 12.1 Å². The van der Waals surface area contributed by atoms with Crippen molar-refractivity contribution < 1.29 is 19.2 Å². The average Bonchev–Trinajstić information content (AvgIpc) is 2.93. The van der Waals surface area contributed by atoms with Gasteiger partial charge in [-0.25, -0.2) is 0 Å². The molecule has 0 saturated carbocycles. The molecule has 1 N–H and O–H groups in total. The molecular weight excluding hydrogens is 352 g/mol. The molecule has 1 saturated heterocycles. The van der Waals surface area contributed by atoms with E-state index in [0.29, 0.717) is 6.54 Å². The van der Waals surface area contributed by atoms with Crippen molar-refractivity contribution in [3.63, 3.8) is 0 Å². The van der Waals surface area contributed by atoms with Crippen LogP contribution in [0.4, 0.5) is 0 Å². The molecule has 0 aliphatic carbocycles. The SMILES string of the molecule is COc1ccc(CCn2c(C)cc(C(=O)C[NH+]3C[C@@H](C)O[C@@H](C)C3)c2C)cc1. The molecule has 0 spiro atoms. The summed E-state index contributed by atoms with van der Waals surface area (Å²) in [5, 5.41) is 0. The fourth-order valence-electron chi connectivity index (χ4n) is 4.32. The fraction of sp³-hybridized carbons (Fsp3) is 0.522. The Morgan fingerprint density at radius 1 is 1.18 bits per heavy atom. The molecule has 28 heavy (non-hydrogen) atoms. The molecule has 1 fully saturated rings. The van der Waals surface area contributed by atoms with E-state index in [1.54, 1.807) is 7.11 Å². The molecule has 1 aliphatic heterocycles. The van der Waals surface area contributed by atoms with Gasteiger partial charge < -0.3 is 18.9 Å². The van der Waals surface area contributed by atoms with Gasteiger partial charge in [0.05, 0.1) is 7.11 Å². The number of morpholine rings is 1. The van der Waals surface area contributed by atoms with Gasteiger partial charge >= 0.3 is 0 Å². The highest BCUT2D eigenvalue weighted by molar-refractivity contribution is 5.98. The molecule has 2 heterocycles. The van der Waals surface area contributed by atoms with Crippen LogP contribution in [0.2, 0.25) is 0 Å². The number of carbonyl (C=O) groups is 1. The number of Topliss-reactive ketones (excluding diaryl/α,β-unsaturated/α-hetero) is 1. The molecule has 1 aromatic heterocycles. The van der Waals surface area contributed by atoms with Crippen LogP contribution < -0.4 is 9.64 Å². The minimum atomic E-state index is 0.212. The first-order valence-electron chi connectivity index (χ1n) is 10.2. The van der Waals surface area contributed by atoms with E-state index in [4.69, 9.17) is 9.47 Å². The molecule has 5 heteroatoms. The Morgan fingerprint density at radius 2 is 1.82 bits per heavy atom. The third kappa shape index (κ3) is 4.83. The van der Waals surface area contributed by atoms with Gasteiger partial charge in [-0.3, -0.25) is 4.79 Å². The molecule has 1 unspecified atom stereocenters. The second-order valence-corrected chi connectivity index (χ2v) is 8.05. The molecule has 2 aromatic rings. The molecule has 3 rings (SSSR count). The Kier molecular flexibility index (Phi) is 6.57. The smallest absolute Gasteiger partial charge is 0.218 e. The topological polar surface area (TPSA) is 44.9 Å². The third-order valence-corrected chi connectivity index (χ3v) is 5.68. The summed E-state index contributed by atoms with van der Waals surface area (Å²) >= 11 is 0. The van der Waals surface area contributed by atoms with Crippen molar-refractivity contribution in [3.8, 4) is 5.75 Å². The monoisotopic (exact) mass is 385 g/mol. The predicted molar refractivity (Wildman–Crippen MR) is 111 cm³/mol. The number of hydrogen-bond donors (Lipinski definition) is 1. The summed E-state index contributed by atoms with van der Waals surface area (Å²) in [6.07, 6.45) is 1.35. The Balaban J connectivity index is 1.65. The van der Waals surface area contributed by atoms with Crippen molar-refractivity contribution in [2.24, 2.45) is 0 Å². The van der Waals surface area contributed by atoms with Crippen LogP contribution in [0.25, 0.3) is 0 Å². The lowest BCUT2D eigenvalue weighted by Crippen LogP contribution is -3.16. The largest absolute Gasteiger partial charge is 0.497 e. The Bertz CT molecular complexity index is 800. The first kappa shape index (κ1) is 20.6.